The number of hydrogen-bond donors (Lipinski definition) is 1. The molecule has 1 N–H and O–H groups in total. The predicted octanol–water partition coefficient (Wildman–Crippen LogP) is 1.26. The van der Waals surface area contributed by atoms with E-state index in [9.17, 15) is 18.0 Å². The van der Waals surface area contributed by atoms with Crippen molar-refractivity contribution in [1.82, 2.24) is 9.62 Å². The summed E-state index contributed by atoms with van der Waals surface area (Å²) in [6.45, 7) is 1.64. The first-order valence-corrected chi connectivity index (χ1v) is 12.3. The van der Waals surface area contributed by atoms with Gasteiger partial charge in [0, 0.05) is 43.4 Å². The van der Waals surface area contributed by atoms with Crippen LogP contribution in [-0.2, 0) is 19.6 Å². The second kappa shape index (κ2) is 10.00. The minimum absolute atomic E-state index is 0.121. The molecule has 34 heavy (non-hydrogen) atoms. The van der Waals surface area contributed by atoms with Gasteiger partial charge in [0.1, 0.15) is 0 Å². The van der Waals surface area contributed by atoms with Crippen molar-refractivity contribution in [1.29, 1.82) is 0 Å². The number of amides is 2. The summed E-state index contributed by atoms with van der Waals surface area (Å²) in [4.78, 5) is 27.0. The Bertz CT molecular complexity index is 1160. The molecule has 182 valence electrons. The summed E-state index contributed by atoms with van der Waals surface area (Å²) >= 11 is 0. The number of benzene rings is 2. The number of hydrogen-bond acceptors (Lipinski definition) is 7. The lowest BCUT2D eigenvalue weighted by molar-refractivity contribution is -0.117. The number of nitrogens with one attached hydrogen (secondary N) is 1. The molecule has 2 aliphatic rings. The molecule has 11 heteroatoms. The standard InChI is InChI=1S/C23H27N3O7S/c1-31-20-8-5-18(14-21(20)32-2)26-15-17(13-22(26)27)24-23(28)16-3-6-19(7-4-16)34(29,30)25-9-11-33-12-10-25/h3-8,14,17H,9-13,15H2,1-2H3,(H,24,28)/t17-/m0/s1. The summed E-state index contributed by atoms with van der Waals surface area (Å²) < 4.78 is 42.6. The molecule has 0 unspecified atom stereocenters. The van der Waals surface area contributed by atoms with Crippen LogP contribution in [0.1, 0.15) is 16.8 Å². The maximum absolute atomic E-state index is 12.8. The number of morpholine rings is 1. The molecular weight excluding hydrogens is 462 g/mol. The van der Waals surface area contributed by atoms with Crippen LogP contribution >= 0.6 is 0 Å². The average Bonchev–Trinajstić information content (AvgIpc) is 3.23. The highest BCUT2D eigenvalue weighted by atomic mass is 32.2. The zero-order valence-electron chi connectivity index (χ0n) is 19.0. The van der Waals surface area contributed by atoms with Crippen molar-refractivity contribution in [2.24, 2.45) is 0 Å². The van der Waals surface area contributed by atoms with Gasteiger partial charge in [-0.15, -0.1) is 0 Å². The fourth-order valence-corrected chi connectivity index (χ4v) is 5.44. The lowest BCUT2D eigenvalue weighted by Crippen LogP contribution is -2.40. The first-order chi connectivity index (χ1) is 16.3. The third kappa shape index (κ3) is 4.86. The van der Waals surface area contributed by atoms with Gasteiger partial charge in [-0.25, -0.2) is 8.42 Å². The van der Waals surface area contributed by atoms with Crippen LogP contribution in [0.5, 0.6) is 11.5 Å². The summed E-state index contributed by atoms with van der Waals surface area (Å²) in [5.41, 5.74) is 0.968. The first kappa shape index (κ1) is 24.0. The number of methoxy groups -OCH3 is 2. The van der Waals surface area contributed by atoms with Crippen LogP contribution in [-0.4, -0.2) is 77.6 Å². The van der Waals surface area contributed by atoms with Gasteiger partial charge < -0.3 is 24.4 Å². The molecule has 2 aromatic rings. The predicted molar refractivity (Wildman–Crippen MR) is 124 cm³/mol. The normalized spacial score (nSPS) is 19.2. The van der Waals surface area contributed by atoms with E-state index in [1.165, 1.54) is 42.8 Å². The summed E-state index contributed by atoms with van der Waals surface area (Å²) in [5.74, 6) is 0.570. The third-order valence-electron chi connectivity index (χ3n) is 5.86. The minimum Gasteiger partial charge on any atom is -0.493 e. The zero-order chi connectivity index (χ0) is 24.3. The van der Waals surface area contributed by atoms with Crippen LogP contribution in [0.4, 0.5) is 5.69 Å². The van der Waals surface area contributed by atoms with Gasteiger partial charge in [0.15, 0.2) is 11.5 Å². The summed E-state index contributed by atoms with van der Waals surface area (Å²) in [6.07, 6.45) is 0.156. The van der Waals surface area contributed by atoms with E-state index < -0.39 is 10.0 Å². The largest absolute Gasteiger partial charge is 0.493 e. The second-order valence-electron chi connectivity index (χ2n) is 7.96. The van der Waals surface area contributed by atoms with Crippen molar-refractivity contribution < 1.29 is 32.2 Å². The van der Waals surface area contributed by atoms with Crippen LogP contribution in [0.25, 0.3) is 0 Å². The van der Waals surface area contributed by atoms with Crippen molar-refractivity contribution in [2.75, 3.05) is 52.0 Å². The van der Waals surface area contributed by atoms with Gasteiger partial charge in [0.05, 0.1) is 38.4 Å². The average molecular weight is 490 g/mol. The van der Waals surface area contributed by atoms with Gasteiger partial charge >= 0.3 is 0 Å². The SMILES string of the molecule is COc1ccc(N2C[C@@H](NC(=O)c3ccc(S(=O)(=O)N4CCOCC4)cc3)CC2=O)cc1OC. The number of ether oxygens (including phenoxy) is 3. The molecule has 0 aromatic heterocycles. The van der Waals surface area contributed by atoms with Gasteiger partial charge in [-0.3, -0.25) is 9.59 Å². The van der Waals surface area contributed by atoms with E-state index in [2.05, 4.69) is 5.32 Å². The molecule has 10 nitrogen and oxygen atoms in total. The minimum atomic E-state index is -3.63. The van der Waals surface area contributed by atoms with Crippen molar-refractivity contribution in [3.8, 4) is 11.5 Å². The van der Waals surface area contributed by atoms with E-state index in [1.807, 2.05) is 0 Å². The van der Waals surface area contributed by atoms with Crippen LogP contribution in [0, 0.1) is 0 Å². The van der Waals surface area contributed by atoms with Crippen molar-refractivity contribution in [2.45, 2.75) is 17.4 Å². The summed E-state index contributed by atoms with van der Waals surface area (Å²) in [7, 11) is -0.574. The van der Waals surface area contributed by atoms with E-state index in [0.717, 1.165) is 0 Å². The molecule has 2 fully saturated rings. The van der Waals surface area contributed by atoms with Gasteiger partial charge in [-0.2, -0.15) is 4.31 Å². The number of rotatable bonds is 7. The molecule has 2 saturated heterocycles. The molecule has 0 spiro atoms. The van der Waals surface area contributed by atoms with Crippen molar-refractivity contribution in [3.05, 3.63) is 48.0 Å². The highest BCUT2D eigenvalue weighted by molar-refractivity contribution is 7.89. The molecule has 2 aromatic carbocycles. The number of anilines is 1. The Morgan fingerprint density at radius 3 is 2.35 bits per heavy atom. The molecule has 2 amide bonds. The van der Waals surface area contributed by atoms with Crippen molar-refractivity contribution in [3.63, 3.8) is 0 Å². The molecule has 1 atom stereocenters. The molecule has 2 aliphatic heterocycles. The monoisotopic (exact) mass is 489 g/mol. The van der Waals surface area contributed by atoms with Gasteiger partial charge in [0.25, 0.3) is 5.91 Å². The van der Waals surface area contributed by atoms with E-state index in [0.29, 0.717) is 55.6 Å². The first-order valence-electron chi connectivity index (χ1n) is 10.8. The Morgan fingerprint density at radius 1 is 1.03 bits per heavy atom. The van der Waals surface area contributed by atoms with E-state index >= 15 is 0 Å². The lowest BCUT2D eigenvalue weighted by Gasteiger charge is -2.26. The Hall–Kier alpha value is -3.15. The molecule has 0 saturated carbocycles. The Morgan fingerprint density at radius 2 is 1.71 bits per heavy atom. The van der Waals surface area contributed by atoms with E-state index in [4.69, 9.17) is 14.2 Å². The Labute approximate surface area is 198 Å². The van der Waals surface area contributed by atoms with E-state index in [1.54, 1.807) is 23.1 Å². The van der Waals surface area contributed by atoms with Crippen molar-refractivity contribution >= 4 is 27.5 Å². The maximum atomic E-state index is 12.8. The molecule has 2 heterocycles. The van der Waals surface area contributed by atoms with Crippen LogP contribution < -0.4 is 19.7 Å². The van der Waals surface area contributed by atoms with Crippen LogP contribution in [0.2, 0.25) is 0 Å². The maximum Gasteiger partial charge on any atom is 0.251 e. The molecule has 0 radical (unpaired) electrons. The smallest absolute Gasteiger partial charge is 0.251 e. The van der Waals surface area contributed by atoms with Crippen LogP contribution in [0.3, 0.4) is 0 Å². The second-order valence-corrected chi connectivity index (χ2v) is 9.90. The van der Waals surface area contributed by atoms with Gasteiger partial charge in [-0.05, 0) is 36.4 Å². The molecule has 0 bridgehead atoms. The topological polar surface area (TPSA) is 114 Å². The number of sulfonamides is 1. The number of carbonyl (C=O) groups is 2. The Kier molecular flexibility index (Phi) is 7.05. The van der Waals surface area contributed by atoms with Gasteiger partial charge in [0.2, 0.25) is 15.9 Å². The van der Waals surface area contributed by atoms with E-state index in [-0.39, 0.29) is 29.2 Å². The number of nitrogens with zero attached hydrogens (tertiary/aromatic N) is 2. The summed E-state index contributed by atoms with van der Waals surface area (Å²) in [5, 5.41) is 2.86. The third-order valence-corrected chi connectivity index (χ3v) is 7.78. The molecule has 4 rings (SSSR count). The van der Waals surface area contributed by atoms with Gasteiger partial charge in [-0.1, -0.05) is 0 Å². The quantitative estimate of drug-likeness (QED) is 0.623. The molecule has 0 aliphatic carbocycles. The van der Waals surface area contributed by atoms with Crippen LogP contribution in [0.15, 0.2) is 47.4 Å². The number of carbonyl (C=O) groups excluding carboxylic acids is 2. The summed E-state index contributed by atoms with van der Waals surface area (Å²) in [6, 6.07) is 10.6. The Balaban J connectivity index is 1.41. The molecular formula is C23H27N3O7S. The fourth-order valence-electron chi connectivity index (χ4n) is 4.03. The zero-order valence-corrected chi connectivity index (χ0v) is 19.8. The highest BCUT2D eigenvalue weighted by Crippen LogP contribution is 2.33. The fraction of sp³-hybridized carbons (Fsp3) is 0.391. The lowest BCUT2D eigenvalue weighted by atomic mass is 10.2. The highest BCUT2D eigenvalue weighted by Gasteiger charge is 2.32.